The summed E-state index contributed by atoms with van der Waals surface area (Å²) in [6.45, 7) is 0. The minimum absolute atomic E-state index is 0.0502. The van der Waals surface area contributed by atoms with Crippen LogP contribution < -0.4 is 0 Å². The highest BCUT2D eigenvalue weighted by Crippen LogP contribution is 2.20. The molecule has 1 aromatic carbocycles. The number of aromatic hydroxyl groups is 1. The molecule has 88 valence electrons. The Morgan fingerprint density at radius 2 is 2.18 bits per heavy atom. The van der Waals surface area contributed by atoms with Crippen molar-refractivity contribution < 1.29 is 19.5 Å². The number of hydrogen-bond donors (Lipinski definition) is 1. The SMILES string of the molecule is O=CC(=O)CC1CC(c2ccc(O)cc2)=NO1. The van der Waals surface area contributed by atoms with Crippen LogP contribution in [0.2, 0.25) is 0 Å². The van der Waals surface area contributed by atoms with E-state index in [0.717, 1.165) is 5.56 Å². The van der Waals surface area contributed by atoms with Gasteiger partial charge in [0.2, 0.25) is 0 Å². The van der Waals surface area contributed by atoms with Gasteiger partial charge >= 0.3 is 0 Å². The second-order valence-corrected chi connectivity index (χ2v) is 3.80. The average Bonchev–Trinajstić information content (AvgIpc) is 2.78. The van der Waals surface area contributed by atoms with Gasteiger partial charge in [-0.15, -0.1) is 0 Å². The summed E-state index contributed by atoms with van der Waals surface area (Å²) in [4.78, 5) is 26.2. The molecule has 1 heterocycles. The Morgan fingerprint density at radius 1 is 1.47 bits per heavy atom. The molecular formula is C12H11NO4. The van der Waals surface area contributed by atoms with Crippen LogP contribution in [0.15, 0.2) is 29.4 Å². The maximum Gasteiger partial charge on any atom is 0.198 e. The van der Waals surface area contributed by atoms with E-state index in [9.17, 15) is 9.59 Å². The number of phenols is 1. The number of phenolic OH excluding ortho intramolecular Hbond substituents is 1. The standard InChI is InChI=1S/C12H11NO4/c14-7-10(16)5-11-6-12(13-17-11)8-1-3-9(15)4-2-8/h1-4,7,11,15H,5-6H2. The molecule has 1 unspecified atom stereocenters. The molecule has 0 fully saturated rings. The summed E-state index contributed by atoms with van der Waals surface area (Å²) in [7, 11) is 0. The van der Waals surface area contributed by atoms with Gasteiger partial charge in [-0.3, -0.25) is 9.59 Å². The van der Waals surface area contributed by atoms with Crippen LogP contribution in [0.25, 0.3) is 0 Å². The number of ketones is 1. The predicted molar refractivity (Wildman–Crippen MR) is 59.8 cm³/mol. The molecule has 5 nitrogen and oxygen atoms in total. The zero-order valence-corrected chi connectivity index (χ0v) is 9.00. The maximum atomic E-state index is 10.9. The first kappa shape index (κ1) is 11.3. The van der Waals surface area contributed by atoms with Crippen molar-refractivity contribution >= 4 is 17.8 Å². The molecule has 1 N–H and O–H groups in total. The van der Waals surface area contributed by atoms with E-state index in [1.165, 1.54) is 0 Å². The van der Waals surface area contributed by atoms with E-state index in [4.69, 9.17) is 9.94 Å². The smallest absolute Gasteiger partial charge is 0.198 e. The molecular weight excluding hydrogens is 222 g/mol. The quantitative estimate of drug-likeness (QED) is 0.622. The number of carbonyl (C=O) groups excluding carboxylic acids is 2. The molecule has 1 aliphatic heterocycles. The molecule has 0 saturated heterocycles. The van der Waals surface area contributed by atoms with E-state index in [-0.39, 0.29) is 18.3 Å². The van der Waals surface area contributed by atoms with E-state index in [1.54, 1.807) is 24.3 Å². The molecule has 0 bridgehead atoms. The van der Waals surface area contributed by atoms with Gasteiger partial charge in [0.05, 0.1) is 12.1 Å². The lowest BCUT2D eigenvalue weighted by molar-refractivity contribution is -0.131. The van der Waals surface area contributed by atoms with Gasteiger partial charge in [-0.1, -0.05) is 5.16 Å². The first-order chi connectivity index (χ1) is 8.19. The number of hydrogen-bond acceptors (Lipinski definition) is 5. The van der Waals surface area contributed by atoms with Gasteiger partial charge in [0, 0.05) is 6.42 Å². The fraction of sp³-hybridized carbons (Fsp3) is 0.250. The molecule has 0 aromatic heterocycles. The van der Waals surface area contributed by atoms with Crippen molar-refractivity contribution in [2.75, 3.05) is 0 Å². The second-order valence-electron chi connectivity index (χ2n) is 3.80. The summed E-state index contributed by atoms with van der Waals surface area (Å²) in [6, 6.07) is 6.56. The van der Waals surface area contributed by atoms with E-state index >= 15 is 0 Å². The largest absolute Gasteiger partial charge is 0.508 e. The first-order valence-electron chi connectivity index (χ1n) is 5.19. The minimum Gasteiger partial charge on any atom is -0.508 e. The summed E-state index contributed by atoms with van der Waals surface area (Å²) >= 11 is 0. The number of nitrogens with zero attached hydrogens (tertiary/aromatic N) is 1. The van der Waals surface area contributed by atoms with Gasteiger partial charge in [0.15, 0.2) is 12.1 Å². The van der Waals surface area contributed by atoms with Crippen LogP contribution in [-0.4, -0.2) is 29.0 Å². The molecule has 0 aliphatic carbocycles. The molecule has 1 aliphatic rings. The summed E-state index contributed by atoms with van der Waals surface area (Å²) < 4.78 is 0. The highest BCUT2D eigenvalue weighted by Gasteiger charge is 2.24. The fourth-order valence-electron chi connectivity index (χ4n) is 1.63. The zero-order chi connectivity index (χ0) is 12.3. The van der Waals surface area contributed by atoms with Crippen LogP contribution in [0.1, 0.15) is 18.4 Å². The molecule has 2 rings (SSSR count). The van der Waals surface area contributed by atoms with E-state index in [0.29, 0.717) is 18.4 Å². The van der Waals surface area contributed by atoms with Crippen LogP contribution in [0.5, 0.6) is 5.75 Å². The van der Waals surface area contributed by atoms with Crippen LogP contribution >= 0.6 is 0 Å². The molecule has 1 atom stereocenters. The molecule has 1 aromatic rings. The molecule has 0 radical (unpaired) electrons. The van der Waals surface area contributed by atoms with Crippen molar-refractivity contribution in [3.05, 3.63) is 29.8 Å². The highest BCUT2D eigenvalue weighted by molar-refractivity contribution is 6.25. The Kier molecular flexibility index (Phi) is 3.18. The van der Waals surface area contributed by atoms with Crippen LogP contribution in [0.4, 0.5) is 0 Å². The lowest BCUT2D eigenvalue weighted by Crippen LogP contribution is -2.14. The molecule has 0 spiro atoms. The van der Waals surface area contributed by atoms with Gasteiger partial charge in [0.1, 0.15) is 11.9 Å². The lowest BCUT2D eigenvalue weighted by Gasteiger charge is -2.03. The monoisotopic (exact) mass is 233 g/mol. The zero-order valence-electron chi connectivity index (χ0n) is 9.00. The van der Waals surface area contributed by atoms with Crippen molar-refractivity contribution in [3.8, 4) is 5.75 Å². The average molecular weight is 233 g/mol. The van der Waals surface area contributed by atoms with Crippen molar-refractivity contribution in [1.82, 2.24) is 0 Å². The van der Waals surface area contributed by atoms with Gasteiger partial charge in [-0.2, -0.15) is 0 Å². The summed E-state index contributed by atoms with van der Waals surface area (Å²) in [5.74, 6) is -0.307. The molecule has 0 amide bonds. The van der Waals surface area contributed by atoms with E-state index < -0.39 is 5.78 Å². The van der Waals surface area contributed by atoms with Gasteiger partial charge < -0.3 is 9.94 Å². The van der Waals surface area contributed by atoms with Crippen LogP contribution in [0.3, 0.4) is 0 Å². The Labute approximate surface area is 97.7 Å². The Morgan fingerprint density at radius 3 is 2.82 bits per heavy atom. The van der Waals surface area contributed by atoms with Crippen molar-refractivity contribution in [3.63, 3.8) is 0 Å². The number of Topliss-reactive ketones (excluding diaryl/α,β-unsaturated/α-hetero) is 1. The van der Waals surface area contributed by atoms with Gasteiger partial charge in [0.25, 0.3) is 0 Å². The topological polar surface area (TPSA) is 76.0 Å². The molecule has 17 heavy (non-hydrogen) atoms. The first-order valence-corrected chi connectivity index (χ1v) is 5.19. The Bertz CT molecular complexity index is 464. The normalized spacial score (nSPS) is 18.4. The Hall–Kier alpha value is -2.17. The summed E-state index contributed by atoms with van der Waals surface area (Å²) in [5, 5.41) is 13.0. The number of aldehydes is 1. The highest BCUT2D eigenvalue weighted by atomic mass is 16.6. The third-order valence-electron chi connectivity index (χ3n) is 2.49. The number of benzene rings is 1. The van der Waals surface area contributed by atoms with E-state index in [1.807, 2.05) is 0 Å². The number of carbonyl (C=O) groups is 2. The number of oxime groups is 1. The lowest BCUT2D eigenvalue weighted by atomic mass is 10.0. The van der Waals surface area contributed by atoms with Crippen molar-refractivity contribution in [1.29, 1.82) is 0 Å². The predicted octanol–water partition coefficient (Wildman–Crippen LogP) is 1.04. The minimum atomic E-state index is -0.489. The molecule has 5 heteroatoms. The third kappa shape index (κ3) is 2.69. The van der Waals surface area contributed by atoms with Gasteiger partial charge in [-0.05, 0) is 29.8 Å². The summed E-state index contributed by atoms with van der Waals surface area (Å²) in [6.07, 6.45) is 0.470. The summed E-state index contributed by atoms with van der Waals surface area (Å²) in [5.41, 5.74) is 1.55. The van der Waals surface area contributed by atoms with Gasteiger partial charge in [-0.25, -0.2) is 0 Å². The third-order valence-corrected chi connectivity index (χ3v) is 2.49. The maximum absolute atomic E-state index is 10.9. The molecule has 0 saturated carbocycles. The van der Waals surface area contributed by atoms with Crippen molar-refractivity contribution in [2.24, 2.45) is 5.16 Å². The fourth-order valence-corrected chi connectivity index (χ4v) is 1.63. The van der Waals surface area contributed by atoms with Crippen molar-refractivity contribution in [2.45, 2.75) is 18.9 Å². The van der Waals surface area contributed by atoms with Crippen LogP contribution in [0, 0.1) is 0 Å². The van der Waals surface area contributed by atoms with E-state index in [2.05, 4.69) is 5.16 Å². The second kappa shape index (κ2) is 4.78. The van der Waals surface area contributed by atoms with Crippen LogP contribution in [-0.2, 0) is 14.4 Å². The Balaban J connectivity index is 1.99. The number of rotatable bonds is 4.